The maximum absolute atomic E-state index is 13.7. The molecule has 3 aromatic rings. The van der Waals surface area contributed by atoms with E-state index in [4.69, 9.17) is 19.2 Å². The summed E-state index contributed by atoms with van der Waals surface area (Å²) in [5.41, 5.74) is 2.79. The highest BCUT2D eigenvalue weighted by molar-refractivity contribution is 7.07. The van der Waals surface area contributed by atoms with Crippen LogP contribution in [-0.4, -0.2) is 31.7 Å². The molecule has 0 spiro atoms. The molecule has 0 fully saturated rings. The highest BCUT2D eigenvalue weighted by Crippen LogP contribution is 2.36. The van der Waals surface area contributed by atoms with E-state index in [-0.39, 0.29) is 11.3 Å². The number of allylic oxidation sites excluding steroid dienone is 2. The molecule has 1 atom stereocenters. The summed E-state index contributed by atoms with van der Waals surface area (Å²) in [6.45, 7) is 0. The Morgan fingerprint density at radius 2 is 1.79 bits per heavy atom. The summed E-state index contributed by atoms with van der Waals surface area (Å²) in [5.74, 6) is 1.90. The van der Waals surface area contributed by atoms with Crippen LogP contribution in [0.25, 0.3) is 6.08 Å². The van der Waals surface area contributed by atoms with Crippen LogP contribution in [0.5, 0.6) is 17.2 Å². The van der Waals surface area contributed by atoms with Gasteiger partial charge in [0.15, 0.2) is 22.1 Å². The van der Waals surface area contributed by atoms with Gasteiger partial charge >= 0.3 is 0 Å². The standard InChI is InChI=1S/C26H24N2O5S/c1-31-17-12-10-15(11-13-17)23-22-18(7-5-8-19(22)29)27-26-28(23)25(30)21(34-26)14-16-6-4-9-20(32-2)24(16)33-3/h4,6,9-14,23H,5,7-8H2,1-3H3. The van der Waals surface area contributed by atoms with Crippen LogP contribution >= 0.6 is 11.3 Å². The first-order chi connectivity index (χ1) is 16.5. The van der Waals surface area contributed by atoms with E-state index in [0.29, 0.717) is 38.6 Å². The summed E-state index contributed by atoms with van der Waals surface area (Å²) in [4.78, 5) is 32.1. The third-order valence-electron chi connectivity index (χ3n) is 6.18. The summed E-state index contributed by atoms with van der Waals surface area (Å²) in [6, 6.07) is 12.5. The van der Waals surface area contributed by atoms with Crippen LogP contribution in [0.3, 0.4) is 0 Å². The van der Waals surface area contributed by atoms with E-state index in [0.717, 1.165) is 29.7 Å². The van der Waals surface area contributed by atoms with Gasteiger partial charge in [-0.1, -0.05) is 35.6 Å². The Morgan fingerprint density at radius 3 is 2.50 bits per heavy atom. The average molecular weight is 477 g/mol. The fraction of sp³-hybridized carbons (Fsp3) is 0.269. The molecule has 0 bridgehead atoms. The molecule has 7 nitrogen and oxygen atoms in total. The molecular formula is C26H24N2O5S. The van der Waals surface area contributed by atoms with Crippen molar-refractivity contribution in [3.63, 3.8) is 0 Å². The van der Waals surface area contributed by atoms with Gasteiger partial charge in [0, 0.05) is 17.6 Å². The summed E-state index contributed by atoms with van der Waals surface area (Å²) < 4.78 is 18.4. The molecule has 1 aliphatic heterocycles. The molecule has 5 rings (SSSR count). The number of hydrogen-bond acceptors (Lipinski definition) is 7. The number of Topliss-reactive ketones (excluding diaryl/α,β-unsaturated/α-hetero) is 1. The van der Waals surface area contributed by atoms with Gasteiger partial charge in [0.1, 0.15) is 5.75 Å². The first kappa shape index (κ1) is 22.2. The van der Waals surface area contributed by atoms with Gasteiger partial charge in [-0.15, -0.1) is 0 Å². The topological polar surface area (TPSA) is 79.1 Å². The van der Waals surface area contributed by atoms with Gasteiger partial charge in [-0.25, -0.2) is 4.99 Å². The zero-order valence-electron chi connectivity index (χ0n) is 19.2. The van der Waals surface area contributed by atoms with Crippen LogP contribution in [0, 0.1) is 0 Å². The second kappa shape index (κ2) is 8.95. The summed E-state index contributed by atoms with van der Waals surface area (Å²) >= 11 is 1.31. The summed E-state index contributed by atoms with van der Waals surface area (Å²) in [7, 11) is 4.75. The number of para-hydroxylation sites is 1. The molecule has 2 aromatic carbocycles. The van der Waals surface area contributed by atoms with E-state index in [2.05, 4.69) is 0 Å². The van der Waals surface area contributed by atoms with Gasteiger partial charge < -0.3 is 14.2 Å². The highest BCUT2D eigenvalue weighted by atomic mass is 32.1. The summed E-state index contributed by atoms with van der Waals surface area (Å²) in [6.07, 6.45) is 3.75. The molecule has 2 aliphatic rings. The van der Waals surface area contributed by atoms with Crippen molar-refractivity contribution in [2.45, 2.75) is 25.3 Å². The lowest BCUT2D eigenvalue weighted by molar-refractivity contribution is -0.116. The van der Waals surface area contributed by atoms with Crippen molar-refractivity contribution in [3.8, 4) is 17.2 Å². The maximum atomic E-state index is 13.7. The number of ether oxygens (including phenoxy) is 3. The minimum absolute atomic E-state index is 0.0505. The first-order valence-corrected chi connectivity index (χ1v) is 11.8. The van der Waals surface area contributed by atoms with Crippen LogP contribution < -0.4 is 29.1 Å². The maximum Gasteiger partial charge on any atom is 0.271 e. The number of fused-ring (bicyclic) bond motifs is 1. The molecule has 174 valence electrons. The number of hydrogen-bond donors (Lipinski definition) is 0. The lowest BCUT2D eigenvalue weighted by Crippen LogP contribution is -2.40. The van der Waals surface area contributed by atoms with Crippen molar-refractivity contribution in [1.82, 2.24) is 4.57 Å². The van der Waals surface area contributed by atoms with E-state index in [9.17, 15) is 9.59 Å². The van der Waals surface area contributed by atoms with Gasteiger partial charge in [-0.05, 0) is 42.7 Å². The Hall–Kier alpha value is -3.65. The predicted octanol–water partition coefficient (Wildman–Crippen LogP) is 2.99. The van der Waals surface area contributed by atoms with E-state index in [1.165, 1.54) is 11.3 Å². The molecular weight excluding hydrogens is 452 g/mol. The molecule has 1 aliphatic carbocycles. The molecule has 1 aromatic heterocycles. The van der Waals surface area contributed by atoms with Crippen LogP contribution in [0.15, 0.2) is 63.5 Å². The molecule has 0 saturated carbocycles. The Kier molecular flexibility index (Phi) is 5.83. The van der Waals surface area contributed by atoms with E-state index in [1.807, 2.05) is 36.4 Å². The fourth-order valence-corrected chi connectivity index (χ4v) is 5.59. The Bertz CT molecular complexity index is 1480. The van der Waals surface area contributed by atoms with Crippen LogP contribution in [-0.2, 0) is 4.79 Å². The zero-order chi connectivity index (χ0) is 23.8. The second-order valence-corrected chi connectivity index (χ2v) is 9.08. The molecule has 0 saturated heterocycles. The molecule has 8 heteroatoms. The van der Waals surface area contributed by atoms with Crippen molar-refractivity contribution in [1.29, 1.82) is 0 Å². The zero-order valence-corrected chi connectivity index (χ0v) is 20.0. The fourth-order valence-electron chi connectivity index (χ4n) is 4.58. The smallest absolute Gasteiger partial charge is 0.271 e. The van der Waals surface area contributed by atoms with Crippen LogP contribution in [0.2, 0.25) is 0 Å². The van der Waals surface area contributed by atoms with Gasteiger partial charge in [-0.2, -0.15) is 0 Å². The number of carbonyl (C=O) groups excluding carboxylic acids is 1. The van der Waals surface area contributed by atoms with E-state index in [1.54, 1.807) is 38.0 Å². The number of carbonyl (C=O) groups is 1. The van der Waals surface area contributed by atoms with Crippen molar-refractivity contribution in [2.75, 3.05) is 21.3 Å². The monoisotopic (exact) mass is 476 g/mol. The predicted molar refractivity (Wildman–Crippen MR) is 129 cm³/mol. The minimum atomic E-state index is -0.515. The lowest BCUT2D eigenvalue weighted by Gasteiger charge is -2.28. The molecule has 0 amide bonds. The number of methoxy groups -OCH3 is 3. The van der Waals surface area contributed by atoms with Gasteiger partial charge in [0.25, 0.3) is 5.56 Å². The molecule has 2 heterocycles. The number of benzene rings is 2. The Balaban J connectivity index is 1.74. The number of ketones is 1. The third-order valence-corrected chi connectivity index (χ3v) is 7.16. The number of thiazole rings is 1. The average Bonchev–Trinajstić information content (AvgIpc) is 3.17. The molecule has 0 radical (unpaired) electrons. The number of rotatable bonds is 5. The van der Waals surface area contributed by atoms with Crippen molar-refractivity contribution in [2.24, 2.45) is 4.99 Å². The van der Waals surface area contributed by atoms with Crippen molar-refractivity contribution < 1.29 is 19.0 Å². The SMILES string of the molecule is COc1ccc(C2C3=C(CCCC3=O)N=c3sc(=Cc4cccc(OC)c4OC)c(=O)n32)cc1. The lowest BCUT2D eigenvalue weighted by atomic mass is 9.86. The minimum Gasteiger partial charge on any atom is -0.497 e. The first-order valence-electron chi connectivity index (χ1n) is 11.0. The van der Waals surface area contributed by atoms with Crippen LogP contribution in [0.1, 0.15) is 36.4 Å². The third kappa shape index (κ3) is 3.64. The van der Waals surface area contributed by atoms with Crippen LogP contribution in [0.4, 0.5) is 0 Å². The van der Waals surface area contributed by atoms with Gasteiger partial charge in [-0.3, -0.25) is 14.2 Å². The quantitative estimate of drug-likeness (QED) is 0.566. The second-order valence-electron chi connectivity index (χ2n) is 8.08. The molecule has 34 heavy (non-hydrogen) atoms. The Labute approximate surface area is 200 Å². The normalized spacial score (nSPS) is 17.7. The number of nitrogens with zero attached hydrogens (tertiary/aromatic N) is 2. The van der Waals surface area contributed by atoms with Gasteiger partial charge in [0.05, 0.1) is 37.6 Å². The van der Waals surface area contributed by atoms with E-state index < -0.39 is 6.04 Å². The molecule has 0 N–H and O–H groups in total. The van der Waals surface area contributed by atoms with Crippen molar-refractivity contribution in [3.05, 3.63) is 84.5 Å². The highest BCUT2D eigenvalue weighted by Gasteiger charge is 2.35. The Morgan fingerprint density at radius 1 is 1.00 bits per heavy atom. The molecule has 1 unspecified atom stereocenters. The number of aromatic nitrogens is 1. The van der Waals surface area contributed by atoms with Crippen molar-refractivity contribution >= 4 is 23.2 Å². The van der Waals surface area contributed by atoms with E-state index >= 15 is 0 Å². The summed E-state index contributed by atoms with van der Waals surface area (Å²) in [5, 5.41) is 0. The van der Waals surface area contributed by atoms with Gasteiger partial charge in [0.2, 0.25) is 0 Å². The largest absolute Gasteiger partial charge is 0.497 e.